The number of hydrogen-bond donors (Lipinski definition) is 0. The molecular weight excluding hydrogens is 589 g/mol. The molecule has 0 bridgehead atoms. The van der Waals surface area contributed by atoms with Crippen LogP contribution in [0, 0.1) is 6.92 Å². The lowest BCUT2D eigenvalue weighted by Gasteiger charge is -2.26. The fourth-order valence-corrected chi connectivity index (χ4v) is 6.46. The van der Waals surface area contributed by atoms with Crippen LogP contribution in [0.5, 0.6) is 0 Å². The highest BCUT2D eigenvalue weighted by Gasteiger charge is 2.21. The fraction of sp³-hybridized carbons (Fsp3) is 0.265. The molecule has 6 aromatic rings. The summed E-state index contributed by atoms with van der Waals surface area (Å²) in [6.07, 6.45) is 0. The van der Waals surface area contributed by atoms with E-state index in [-0.39, 0.29) is 16.2 Å². The van der Waals surface area contributed by atoms with Gasteiger partial charge in [-0.2, -0.15) is 0 Å². The van der Waals surface area contributed by atoms with E-state index in [1.54, 1.807) is 0 Å². The lowest BCUT2D eigenvalue weighted by atomic mass is 9.79. The molecule has 0 radical (unpaired) electrons. The summed E-state index contributed by atoms with van der Waals surface area (Å²) in [7, 11) is 0. The van der Waals surface area contributed by atoms with E-state index in [4.69, 9.17) is 0 Å². The molecule has 0 aliphatic heterocycles. The van der Waals surface area contributed by atoms with E-state index in [0.29, 0.717) is 0 Å². The lowest BCUT2D eigenvalue weighted by Crippen LogP contribution is -2.16. The van der Waals surface area contributed by atoms with Crippen molar-refractivity contribution in [2.45, 2.75) is 85.5 Å². The first-order valence-electron chi connectivity index (χ1n) is 17.7. The van der Waals surface area contributed by atoms with Gasteiger partial charge in [-0.05, 0) is 95.5 Å². The van der Waals surface area contributed by atoms with Crippen LogP contribution in [-0.4, -0.2) is 0 Å². The second-order valence-electron chi connectivity index (χ2n) is 16.9. The molecule has 0 atom stereocenters. The predicted octanol–water partition coefficient (Wildman–Crippen LogP) is 14.2. The third-order valence-corrected chi connectivity index (χ3v) is 9.81. The Bertz CT molecular complexity index is 2020. The average molecular weight is 641 g/mol. The maximum atomic E-state index is 2.39. The van der Waals surface area contributed by atoms with Crippen molar-refractivity contribution in [2.75, 3.05) is 0 Å². The summed E-state index contributed by atoms with van der Waals surface area (Å²) in [6, 6.07) is 50.0. The van der Waals surface area contributed by atoms with Crippen LogP contribution in [0.25, 0.3) is 55.6 Å². The molecule has 49 heavy (non-hydrogen) atoms. The molecule has 0 nitrogen and oxygen atoms in total. The number of hydrogen-bond acceptors (Lipinski definition) is 0. The molecule has 6 rings (SSSR count). The Morgan fingerprint density at radius 3 is 0.694 bits per heavy atom. The van der Waals surface area contributed by atoms with Crippen LogP contribution in [0.3, 0.4) is 0 Å². The van der Waals surface area contributed by atoms with E-state index in [0.717, 1.165) is 0 Å². The Kier molecular flexibility index (Phi) is 9.06. The molecular formula is C49H52. The summed E-state index contributed by atoms with van der Waals surface area (Å²) < 4.78 is 0. The van der Waals surface area contributed by atoms with Crippen molar-refractivity contribution >= 4 is 0 Å². The van der Waals surface area contributed by atoms with Gasteiger partial charge in [-0.25, -0.2) is 0 Å². The minimum atomic E-state index is 0.0997. The zero-order chi connectivity index (χ0) is 35.1. The number of benzene rings is 6. The summed E-state index contributed by atoms with van der Waals surface area (Å²) in [5.41, 5.74) is 18.3. The van der Waals surface area contributed by atoms with Crippen molar-refractivity contribution in [1.82, 2.24) is 0 Å². The van der Waals surface area contributed by atoms with E-state index >= 15 is 0 Å². The molecule has 0 unspecified atom stereocenters. The van der Waals surface area contributed by atoms with Crippen molar-refractivity contribution in [1.29, 1.82) is 0 Å². The van der Waals surface area contributed by atoms with Crippen LogP contribution < -0.4 is 0 Å². The summed E-state index contributed by atoms with van der Waals surface area (Å²) in [4.78, 5) is 0. The van der Waals surface area contributed by atoms with Gasteiger partial charge >= 0.3 is 0 Å². The first-order chi connectivity index (χ1) is 23.0. The summed E-state index contributed by atoms with van der Waals surface area (Å²) in [5.74, 6) is 0. The van der Waals surface area contributed by atoms with Crippen molar-refractivity contribution in [3.05, 3.63) is 156 Å². The maximum absolute atomic E-state index is 2.39. The van der Waals surface area contributed by atoms with E-state index < -0.39 is 0 Å². The average Bonchev–Trinajstić information content (AvgIpc) is 3.07. The van der Waals surface area contributed by atoms with Gasteiger partial charge in [-0.1, -0.05) is 201 Å². The maximum Gasteiger partial charge on any atom is -0.0132 e. The molecule has 0 spiro atoms. The molecule has 0 fully saturated rings. The monoisotopic (exact) mass is 640 g/mol. The first kappa shape index (κ1) is 34.2. The molecule has 6 aromatic carbocycles. The SMILES string of the molecule is Cc1cc(-c2ccc(-c3ccc(-c4ccc(-c5ccc(-c6cc(C(C)(C)C)cc(C(C)(C)C)c6)cc5)cc4)cc3)cc2)cc(C(C)(C)C)c1. The second-order valence-corrected chi connectivity index (χ2v) is 16.9. The second kappa shape index (κ2) is 13.0. The van der Waals surface area contributed by atoms with Gasteiger partial charge in [-0.3, -0.25) is 0 Å². The zero-order valence-electron chi connectivity index (χ0n) is 31.2. The molecule has 0 saturated heterocycles. The smallest absolute Gasteiger partial charge is 0.0132 e. The van der Waals surface area contributed by atoms with E-state index in [9.17, 15) is 0 Å². The Morgan fingerprint density at radius 2 is 0.449 bits per heavy atom. The number of rotatable bonds is 5. The van der Waals surface area contributed by atoms with Gasteiger partial charge < -0.3 is 0 Å². The van der Waals surface area contributed by atoms with Crippen LogP contribution in [0.2, 0.25) is 0 Å². The molecule has 0 heterocycles. The highest BCUT2D eigenvalue weighted by molar-refractivity contribution is 5.76. The first-order valence-corrected chi connectivity index (χ1v) is 17.7. The van der Waals surface area contributed by atoms with Crippen LogP contribution in [-0.2, 0) is 16.2 Å². The normalized spacial score (nSPS) is 12.3. The van der Waals surface area contributed by atoms with Crippen molar-refractivity contribution in [2.24, 2.45) is 0 Å². The van der Waals surface area contributed by atoms with E-state index in [1.165, 1.54) is 77.9 Å². The molecule has 0 heteroatoms. The van der Waals surface area contributed by atoms with Crippen molar-refractivity contribution < 1.29 is 0 Å². The Morgan fingerprint density at radius 1 is 0.245 bits per heavy atom. The molecule has 0 aliphatic carbocycles. The van der Waals surface area contributed by atoms with Gasteiger partial charge in [0.05, 0.1) is 0 Å². The molecule has 248 valence electrons. The Labute approximate surface area is 295 Å². The molecule has 0 N–H and O–H groups in total. The van der Waals surface area contributed by atoms with Crippen molar-refractivity contribution in [3.63, 3.8) is 0 Å². The quantitative estimate of drug-likeness (QED) is 0.176. The lowest BCUT2D eigenvalue weighted by molar-refractivity contribution is 0.569. The van der Waals surface area contributed by atoms with Gasteiger partial charge in [0.25, 0.3) is 0 Å². The third kappa shape index (κ3) is 7.81. The van der Waals surface area contributed by atoms with Gasteiger partial charge in [0.15, 0.2) is 0 Å². The van der Waals surface area contributed by atoms with Gasteiger partial charge in [0.2, 0.25) is 0 Å². The highest BCUT2D eigenvalue weighted by atomic mass is 14.3. The third-order valence-electron chi connectivity index (χ3n) is 9.81. The minimum Gasteiger partial charge on any atom is -0.0561 e. The fourth-order valence-electron chi connectivity index (χ4n) is 6.46. The topological polar surface area (TPSA) is 0 Å². The van der Waals surface area contributed by atoms with Crippen molar-refractivity contribution in [3.8, 4) is 55.6 Å². The molecule has 0 aliphatic rings. The predicted molar refractivity (Wildman–Crippen MR) is 214 cm³/mol. The van der Waals surface area contributed by atoms with E-state index in [2.05, 4.69) is 203 Å². The van der Waals surface area contributed by atoms with Gasteiger partial charge in [0.1, 0.15) is 0 Å². The Hall–Kier alpha value is -4.68. The van der Waals surface area contributed by atoms with Crippen LogP contribution in [0.1, 0.15) is 84.6 Å². The molecule has 0 amide bonds. The Balaban J connectivity index is 1.17. The van der Waals surface area contributed by atoms with Crippen LogP contribution in [0.4, 0.5) is 0 Å². The van der Waals surface area contributed by atoms with Crippen LogP contribution >= 0.6 is 0 Å². The minimum absolute atomic E-state index is 0.0997. The zero-order valence-corrected chi connectivity index (χ0v) is 31.2. The highest BCUT2D eigenvalue weighted by Crippen LogP contribution is 2.36. The summed E-state index contributed by atoms with van der Waals surface area (Å²) in [6.45, 7) is 22.8. The van der Waals surface area contributed by atoms with Crippen LogP contribution in [0.15, 0.2) is 133 Å². The molecule has 0 aromatic heterocycles. The standard InChI is InChI=1S/C49H52/c1-33-27-42(29-44(28-33)47(2,3)4)40-23-19-38(20-24-40)36-15-11-34(12-16-36)35-13-17-37(18-14-35)39-21-25-41(26-22-39)43-30-45(48(5,6)7)32-46(31-43)49(8,9)10/h11-32H,1-10H3. The molecule has 0 saturated carbocycles. The summed E-state index contributed by atoms with van der Waals surface area (Å²) in [5, 5.41) is 0. The largest absolute Gasteiger partial charge is 0.0561 e. The van der Waals surface area contributed by atoms with Gasteiger partial charge in [0, 0.05) is 0 Å². The number of aryl methyl sites for hydroxylation is 1. The summed E-state index contributed by atoms with van der Waals surface area (Å²) >= 11 is 0. The van der Waals surface area contributed by atoms with Gasteiger partial charge in [-0.15, -0.1) is 0 Å². The van der Waals surface area contributed by atoms with E-state index in [1.807, 2.05) is 0 Å².